The fourth-order valence-corrected chi connectivity index (χ4v) is 4.04. The van der Waals surface area contributed by atoms with E-state index in [1.807, 2.05) is 19.1 Å². The molecule has 30 heavy (non-hydrogen) atoms. The Hall–Kier alpha value is -2.69. The number of ether oxygens (including phenoxy) is 2. The van der Waals surface area contributed by atoms with Gasteiger partial charge in [0.15, 0.2) is 0 Å². The van der Waals surface area contributed by atoms with Gasteiger partial charge in [0.25, 0.3) is 0 Å². The predicted molar refractivity (Wildman–Crippen MR) is 117 cm³/mol. The second-order valence-corrected chi connectivity index (χ2v) is 8.03. The number of allylic oxidation sites excluding steroid dienone is 3. The average molecular weight is 413 g/mol. The first-order valence-electron chi connectivity index (χ1n) is 10.6. The first-order valence-corrected chi connectivity index (χ1v) is 10.6. The van der Waals surface area contributed by atoms with E-state index in [1.165, 1.54) is 19.4 Å². The zero-order valence-electron chi connectivity index (χ0n) is 18.5. The molecule has 2 rings (SSSR count). The number of hydrogen-bond donors (Lipinski definition) is 0. The monoisotopic (exact) mass is 412 g/mol. The molecule has 1 aromatic carbocycles. The maximum Gasteiger partial charge on any atom is 0.308 e. The molecule has 0 bridgehead atoms. The van der Waals surface area contributed by atoms with E-state index in [-0.39, 0.29) is 11.8 Å². The van der Waals surface area contributed by atoms with Crippen LogP contribution >= 0.6 is 0 Å². The molecule has 0 radical (unpaired) electrons. The lowest BCUT2D eigenvalue weighted by Gasteiger charge is -2.32. The van der Waals surface area contributed by atoms with E-state index in [9.17, 15) is 14.4 Å². The van der Waals surface area contributed by atoms with Gasteiger partial charge in [-0.15, -0.1) is 0 Å². The van der Waals surface area contributed by atoms with Gasteiger partial charge in [-0.05, 0) is 61.8 Å². The van der Waals surface area contributed by atoms with Crippen LogP contribution in [0.3, 0.4) is 0 Å². The molecule has 0 saturated heterocycles. The summed E-state index contributed by atoms with van der Waals surface area (Å²) in [6, 6.07) is 3.72. The van der Waals surface area contributed by atoms with Gasteiger partial charge < -0.3 is 9.47 Å². The first-order chi connectivity index (χ1) is 14.3. The highest BCUT2D eigenvalue weighted by Gasteiger charge is 2.33. The number of hydrogen-bond acceptors (Lipinski definition) is 5. The van der Waals surface area contributed by atoms with E-state index in [0.717, 1.165) is 50.4 Å². The highest BCUT2D eigenvalue weighted by Crippen LogP contribution is 2.47. The Balaban J connectivity index is 2.66. The van der Waals surface area contributed by atoms with Gasteiger partial charge in [-0.1, -0.05) is 38.0 Å². The third-order valence-corrected chi connectivity index (χ3v) is 5.45. The van der Waals surface area contributed by atoms with E-state index in [1.54, 1.807) is 0 Å². The molecule has 1 aliphatic carbocycles. The van der Waals surface area contributed by atoms with Crippen molar-refractivity contribution in [3.8, 4) is 11.5 Å². The normalized spacial score (nSPS) is 18.3. The molecule has 0 saturated carbocycles. The van der Waals surface area contributed by atoms with E-state index in [0.29, 0.717) is 22.6 Å². The summed E-state index contributed by atoms with van der Waals surface area (Å²) >= 11 is 0. The maximum atomic E-state index is 11.9. The number of carbonyl (C=O) groups excluding carboxylic acids is 3. The van der Waals surface area contributed by atoms with Gasteiger partial charge in [-0.25, -0.2) is 0 Å². The van der Waals surface area contributed by atoms with Gasteiger partial charge in [0.05, 0.1) is 0 Å². The van der Waals surface area contributed by atoms with Crippen molar-refractivity contribution in [2.75, 3.05) is 0 Å². The lowest BCUT2D eigenvalue weighted by atomic mass is 9.73. The predicted octanol–water partition coefficient (Wildman–Crippen LogP) is 5.46. The van der Waals surface area contributed by atoms with Gasteiger partial charge in [-0.2, -0.15) is 0 Å². The lowest BCUT2D eigenvalue weighted by Crippen LogP contribution is -2.21. The van der Waals surface area contributed by atoms with Crippen LogP contribution in [0.5, 0.6) is 11.5 Å². The molecule has 1 aliphatic rings. The van der Waals surface area contributed by atoms with E-state index in [4.69, 9.17) is 9.47 Å². The SMILES string of the molecule is C=C(C=O)C1CCC(C)=C[C@H]1c1c(OC(C)=O)cc(CCCCC)cc1OC(C)=O. The number of aryl methyl sites for hydroxylation is 1. The second kappa shape index (κ2) is 10.9. The summed E-state index contributed by atoms with van der Waals surface area (Å²) < 4.78 is 11.2. The Morgan fingerprint density at radius 3 is 2.23 bits per heavy atom. The third kappa shape index (κ3) is 6.15. The third-order valence-electron chi connectivity index (χ3n) is 5.45. The summed E-state index contributed by atoms with van der Waals surface area (Å²) in [5.41, 5.74) is 3.22. The van der Waals surface area contributed by atoms with E-state index in [2.05, 4.69) is 19.6 Å². The van der Waals surface area contributed by atoms with E-state index < -0.39 is 11.9 Å². The zero-order chi connectivity index (χ0) is 22.3. The number of benzene rings is 1. The fraction of sp³-hybridized carbons (Fsp3) is 0.480. The molecule has 0 heterocycles. The fourth-order valence-electron chi connectivity index (χ4n) is 4.04. The molecule has 162 valence electrons. The minimum absolute atomic E-state index is 0.152. The standard InChI is InChI=1S/C25H32O5/c1-6-7-8-9-20-13-23(29-18(4)27)25(24(14-20)30-19(5)28)22-12-16(2)10-11-21(22)17(3)15-26/h12-15,21-22H,3,6-11H2,1-2,4-5H3/t21?,22-/m1/s1. The molecule has 0 N–H and O–H groups in total. The van der Waals surface area contributed by atoms with Crippen LogP contribution in [0, 0.1) is 5.92 Å². The largest absolute Gasteiger partial charge is 0.426 e. The van der Waals surface area contributed by atoms with Gasteiger partial charge in [0, 0.05) is 25.3 Å². The highest BCUT2D eigenvalue weighted by molar-refractivity contribution is 5.76. The Morgan fingerprint density at radius 2 is 1.73 bits per heavy atom. The topological polar surface area (TPSA) is 69.7 Å². The second-order valence-electron chi connectivity index (χ2n) is 8.03. The van der Waals surface area contributed by atoms with Crippen LogP contribution in [0.1, 0.15) is 76.8 Å². The summed E-state index contributed by atoms with van der Waals surface area (Å²) in [6.07, 6.45) is 8.41. The van der Waals surface area contributed by atoms with Crippen LogP contribution in [0.4, 0.5) is 0 Å². The number of carbonyl (C=O) groups is 3. The molecule has 0 spiro atoms. The first kappa shape index (κ1) is 23.6. The molecule has 1 unspecified atom stereocenters. The average Bonchev–Trinajstić information content (AvgIpc) is 2.66. The summed E-state index contributed by atoms with van der Waals surface area (Å²) in [4.78, 5) is 35.2. The quantitative estimate of drug-likeness (QED) is 0.134. The molecule has 0 aliphatic heterocycles. The molecular formula is C25H32O5. The lowest BCUT2D eigenvalue weighted by molar-refractivity contribution is -0.132. The van der Waals surface area contributed by atoms with Crippen molar-refractivity contribution in [2.24, 2.45) is 5.92 Å². The minimum Gasteiger partial charge on any atom is -0.426 e. The van der Waals surface area contributed by atoms with Crippen LogP contribution in [0.2, 0.25) is 0 Å². The maximum absolute atomic E-state index is 11.9. The van der Waals surface area contributed by atoms with Gasteiger partial charge in [0.1, 0.15) is 17.8 Å². The molecule has 5 heteroatoms. The molecule has 5 nitrogen and oxygen atoms in total. The summed E-state index contributed by atoms with van der Waals surface area (Å²) in [7, 11) is 0. The molecule has 0 amide bonds. The smallest absolute Gasteiger partial charge is 0.308 e. The van der Waals surface area contributed by atoms with Crippen molar-refractivity contribution in [3.63, 3.8) is 0 Å². The Morgan fingerprint density at radius 1 is 1.13 bits per heavy atom. The Labute approximate surface area is 179 Å². The molecule has 0 aromatic heterocycles. The van der Waals surface area contributed by atoms with Crippen LogP contribution in [-0.4, -0.2) is 18.2 Å². The molecular weight excluding hydrogens is 380 g/mol. The van der Waals surface area contributed by atoms with Gasteiger partial charge in [0.2, 0.25) is 0 Å². The van der Waals surface area contributed by atoms with Crippen LogP contribution in [0.25, 0.3) is 0 Å². The van der Waals surface area contributed by atoms with Gasteiger partial charge in [-0.3, -0.25) is 14.4 Å². The summed E-state index contributed by atoms with van der Waals surface area (Å²) in [5, 5.41) is 0. The van der Waals surface area contributed by atoms with Crippen LogP contribution < -0.4 is 9.47 Å². The van der Waals surface area contributed by atoms with Crippen molar-refractivity contribution < 1.29 is 23.9 Å². The number of unbranched alkanes of at least 4 members (excludes halogenated alkanes) is 2. The van der Waals surface area contributed by atoms with Crippen molar-refractivity contribution in [1.82, 2.24) is 0 Å². The molecule has 2 atom stereocenters. The van der Waals surface area contributed by atoms with E-state index >= 15 is 0 Å². The van der Waals surface area contributed by atoms with Gasteiger partial charge >= 0.3 is 11.9 Å². The summed E-state index contributed by atoms with van der Waals surface area (Å²) in [5.74, 6) is -0.554. The van der Waals surface area contributed by atoms with Crippen molar-refractivity contribution in [1.29, 1.82) is 0 Å². The Kier molecular flexibility index (Phi) is 8.58. The van der Waals surface area contributed by atoms with Crippen LogP contribution in [0.15, 0.2) is 35.9 Å². The van der Waals surface area contributed by atoms with Crippen molar-refractivity contribution >= 4 is 18.2 Å². The van der Waals surface area contributed by atoms with Crippen LogP contribution in [-0.2, 0) is 20.8 Å². The van der Waals surface area contributed by atoms with Crippen molar-refractivity contribution in [3.05, 3.63) is 47.1 Å². The number of aldehydes is 1. The highest BCUT2D eigenvalue weighted by atomic mass is 16.5. The number of esters is 2. The summed E-state index contributed by atoms with van der Waals surface area (Å²) in [6.45, 7) is 10.8. The Bertz CT molecular complexity index is 812. The van der Waals surface area contributed by atoms with Crippen molar-refractivity contribution in [2.45, 2.75) is 72.1 Å². The minimum atomic E-state index is -0.446. The molecule has 0 fully saturated rings. The zero-order valence-corrected chi connectivity index (χ0v) is 18.5. The number of rotatable bonds is 9. The molecule has 1 aromatic rings.